The maximum atomic E-state index is 5.68. The number of benzene rings is 1. The van der Waals surface area contributed by atoms with E-state index in [-0.39, 0.29) is 0 Å². The van der Waals surface area contributed by atoms with E-state index in [1.165, 1.54) is 0 Å². The van der Waals surface area contributed by atoms with Crippen LogP contribution in [0.25, 0.3) is 6.08 Å². The highest BCUT2D eigenvalue weighted by atomic mass is 16.5. The molecule has 0 aromatic heterocycles. The van der Waals surface area contributed by atoms with Crippen molar-refractivity contribution < 1.29 is 14.2 Å². The first-order valence-electron chi connectivity index (χ1n) is 5.89. The maximum Gasteiger partial charge on any atom is 0.164 e. The lowest BCUT2D eigenvalue weighted by Crippen LogP contribution is -2.02. The molecule has 0 saturated heterocycles. The summed E-state index contributed by atoms with van der Waals surface area (Å²) in [6.07, 6.45) is 2.94. The summed E-state index contributed by atoms with van der Waals surface area (Å²) in [5.41, 5.74) is 7.78. The molecule has 1 aromatic carbocycles. The summed E-state index contributed by atoms with van der Waals surface area (Å²) in [6, 6.07) is 3.71. The summed E-state index contributed by atoms with van der Waals surface area (Å²) in [5.74, 6) is 2.07. The van der Waals surface area contributed by atoms with Gasteiger partial charge in [-0.25, -0.2) is 0 Å². The minimum atomic E-state index is 0.536. The van der Waals surface area contributed by atoms with Crippen molar-refractivity contribution in [2.24, 2.45) is 5.73 Å². The molecule has 4 heteroatoms. The van der Waals surface area contributed by atoms with Crippen molar-refractivity contribution in [1.29, 1.82) is 0 Å². The smallest absolute Gasteiger partial charge is 0.164 e. The first-order chi connectivity index (χ1) is 8.69. The number of ether oxygens (including phenoxy) is 3. The third-order valence-corrected chi connectivity index (χ3v) is 2.81. The minimum Gasteiger partial charge on any atom is -0.496 e. The molecule has 4 nitrogen and oxygen atoms in total. The van der Waals surface area contributed by atoms with Gasteiger partial charge in [0, 0.05) is 18.2 Å². The topological polar surface area (TPSA) is 53.7 Å². The number of rotatable bonds is 6. The van der Waals surface area contributed by atoms with Gasteiger partial charge in [-0.3, -0.25) is 0 Å². The van der Waals surface area contributed by atoms with Crippen LogP contribution >= 0.6 is 0 Å². The van der Waals surface area contributed by atoms with Crippen molar-refractivity contribution in [2.75, 3.05) is 27.9 Å². The zero-order valence-corrected chi connectivity index (χ0v) is 11.4. The van der Waals surface area contributed by atoms with E-state index in [9.17, 15) is 0 Å². The van der Waals surface area contributed by atoms with Gasteiger partial charge in [-0.05, 0) is 12.5 Å². The van der Waals surface area contributed by atoms with Crippen molar-refractivity contribution >= 4 is 6.08 Å². The van der Waals surface area contributed by atoms with Crippen LogP contribution in [0.5, 0.6) is 17.2 Å². The summed E-state index contributed by atoms with van der Waals surface area (Å²) in [5, 5.41) is 0. The standard InChI is InChI=1S/C14H21NO3/c1-5-10(9-15)6-11-7-13(17-3)14(18-4)8-12(11)16-2/h6-8H,5,9,15H2,1-4H3. The van der Waals surface area contributed by atoms with Crippen LogP contribution in [0, 0.1) is 0 Å². The van der Waals surface area contributed by atoms with Gasteiger partial charge in [0.2, 0.25) is 0 Å². The van der Waals surface area contributed by atoms with E-state index >= 15 is 0 Å². The van der Waals surface area contributed by atoms with E-state index in [4.69, 9.17) is 19.9 Å². The molecular weight excluding hydrogens is 230 g/mol. The number of nitrogens with two attached hydrogens (primary N) is 1. The third kappa shape index (κ3) is 3.17. The molecule has 0 bridgehead atoms. The van der Waals surface area contributed by atoms with E-state index in [2.05, 4.69) is 6.92 Å². The Morgan fingerprint density at radius 1 is 1.06 bits per heavy atom. The van der Waals surface area contributed by atoms with E-state index in [1.807, 2.05) is 18.2 Å². The molecule has 0 amide bonds. The molecule has 0 aliphatic carbocycles. The number of methoxy groups -OCH3 is 3. The SMILES string of the molecule is CCC(=Cc1cc(OC)c(OC)cc1OC)CN. The van der Waals surface area contributed by atoms with Crippen LogP contribution in [0.4, 0.5) is 0 Å². The first kappa shape index (κ1) is 14.4. The Labute approximate surface area is 108 Å². The fourth-order valence-corrected chi connectivity index (χ4v) is 1.69. The van der Waals surface area contributed by atoms with Crippen LogP contribution in [-0.4, -0.2) is 27.9 Å². The van der Waals surface area contributed by atoms with Gasteiger partial charge in [0.1, 0.15) is 5.75 Å². The Balaban J connectivity index is 3.29. The molecule has 0 heterocycles. The van der Waals surface area contributed by atoms with Gasteiger partial charge in [-0.15, -0.1) is 0 Å². The molecule has 1 aromatic rings. The highest BCUT2D eigenvalue weighted by Crippen LogP contribution is 2.35. The summed E-state index contributed by atoms with van der Waals surface area (Å²) in [6.45, 7) is 2.61. The van der Waals surface area contributed by atoms with Gasteiger partial charge in [0.15, 0.2) is 11.5 Å². The lowest BCUT2D eigenvalue weighted by atomic mass is 10.1. The Kier molecular flexibility index (Phi) is 5.52. The average Bonchev–Trinajstić information content (AvgIpc) is 2.43. The average molecular weight is 251 g/mol. The maximum absolute atomic E-state index is 5.68. The molecule has 0 saturated carbocycles. The van der Waals surface area contributed by atoms with Crippen LogP contribution < -0.4 is 19.9 Å². The Morgan fingerprint density at radius 2 is 1.61 bits per heavy atom. The Morgan fingerprint density at radius 3 is 2.06 bits per heavy atom. The molecule has 0 aliphatic heterocycles. The molecule has 100 valence electrons. The quantitative estimate of drug-likeness (QED) is 0.843. The second-order valence-electron chi connectivity index (χ2n) is 3.81. The minimum absolute atomic E-state index is 0.536. The Bertz CT molecular complexity index is 421. The van der Waals surface area contributed by atoms with Crippen molar-refractivity contribution in [3.63, 3.8) is 0 Å². The van der Waals surface area contributed by atoms with Gasteiger partial charge in [0.25, 0.3) is 0 Å². The van der Waals surface area contributed by atoms with Gasteiger partial charge >= 0.3 is 0 Å². The van der Waals surface area contributed by atoms with Crippen molar-refractivity contribution in [3.8, 4) is 17.2 Å². The molecule has 1 rings (SSSR count). The predicted molar refractivity (Wildman–Crippen MR) is 73.4 cm³/mol. The Hall–Kier alpha value is -1.68. The van der Waals surface area contributed by atoms with E-state index in [0.29, 0.717) is 18.0 Å². The van der Waals surface area contributed by atoms with Gasteiger partial charge < -0.3 is 19.9 Å². The van der Waals surface area contributed by atoms with Crippen LogP contribution in [0.15, 0.2) is 17.7 Å². The van der Waals surface area contributed by atoms with E-state index < -0.39 is 0 Å². The fraction of sp³-hybridized carbons (Fsp3) is 0.429. The third-order valence-electron chi connectivity index (χ3n) is 2.81. The number of hydrogen-bond acceptors (Lipinski definition) is 4. The van der Waals surface area contributed by atoms with E-state index in [0.717, 1.165) is 23.3 Å². The molecule has 0 spiro atoms. The molecule has 0 atom stereocenters. The zero-order chi connectivity index (χ0) is 13.5. The normalized spacial score (nSPS) is 11.3. The molecule has 0 radical (unpaired) electrons. The highest BCUT2D eigenvalue weighted by molar-refractivity contribution is 5.65. The van der Waals surface area contributed by atoms with Gasteiger partial charge in [-0.2, -0.15) is 0 Å². The van der Waals surface area contributed by atoms with Crippen LogP contribution in [0.3, 0.4) is 0 Å². The van der Waals surface area contributed by atoms with Crippen molar-refractivity contribution in [3.05, 3.63) is 23.3 Å². The monoisotopic (exact) mass is 251 g/mol. The largest absolute Gasteiger partial charge is 0.496 e. The molecule has 0 aliphatic rings. The van der Waals surface area contributed by atoms with Crippen molar-refractivity contribution in [2.45, 2.75) is 13.3 Å². The molecule has 0 fully saturated rings. The molecular formula is C14H21NO3. The summed E-state index contributed by atoms with van der Waals surface area (Å²) >= 11 is 0. The lowest BCUT2D eigenvalue weighted by Gasteiger charge is -2.13. The lowest BCUT2D eigenvalue weighted by molar-refractivity contribution is 0.348. The van der Waals surface area contributed by atoms with Gasteiger partial charge in [0.05, 0.1) is 21.3 Å². The van der Waals surface area contributed by atoms with Gasteiger partial charge in [-0.1, -0.05) is 18.6 Å². The van der Waals surface area contributed by atoms with Crippen LogP contribution in [0.2, 0.25) is 0 Å². The zero-order valence-electron chi connectivity index (χ0n) is 11.4. The first-order valence-corrected chi connectivity index (χ1v) is 5.89. The highest BCUT2D eigenvalue weighted by Gasteiger charge is 2.10. The van der Waals surface area contributed by atoms with Crippen LogP contribution in [0.1, 0.15) is 18.9 Å². The van der Waals surface area contributed by atoms with Crippen LogP contribution in [-0.2, 0) is 0 Å². The molecule has 18 heavy (non-hydrogen) atoms. The molecule has 0 unspecified atom stereocenters. The summed E-state index contributed by atoms with van der Waals surface area (Å²) < 4.78 is 15.9. The summed E-state index contributed by atoms with van der Waals surface area (Å²) in [7, 11) is 4.85. The van der Waals surface area contributed by atoms with Crippen molar-refractivity contribution in [1.82, 2.24) is 0 Å². The second-order valence-corrected chi connectivity index (χ2v) is 3.81. The molecule has 2 N–H and O–H groups in total. The second kappa shape index (κ2) is 6.91. The summed E-state index contributed by atoms with van der Waals surface area (Å²) in [4.78, 5) is 0. The fourth-order valence-electron chi connectivity index (χ4n) is 1.69. The predicted octanol–water partition coefficient (Wildman–Crippen LogP) is 2.46. The van der Waals surface area contributed by atoms with E-state index in [1.54, 1.807) is 21.3 Å². The number of hydrogen-bond donors (Lipinski definition) is 1.